The summed E-state index contributed by atoms with van der Waals surface area (Å²) in [6, 6.07) is 8.76. The molecular weight excluding hydrogens is 358 g/mol. The van der Waals surface area contributed by atoms with Gasteiger partial charge in [0.05, 0.1) is 11.3 Å². The number of halogens is 2. The molecule has 0 radical (unpaired) electrons. The first-order valence-corrected chi connectivity index (χ1v) is 7.67. The van der Waals surface area contributed by atoms with Crippen LogP contribution in [0.2, 0.25) is 5.02 Å². The smallest absolute Gasteiger partial charge is 0.251 e. The number of hydrogen-bond acceptors (Lipinski definition) is 3. The number of amides is 1. The van der Waals surface area contributed by atoms with Crippen molar-refractivity contribution in [3.05, 3.63) is 57.4 Å². The monoisotopic (exact) mass is 371 g/mol. The van der Waals surface area contributed by atoms with E-state index in [1.807, 2.05) is 12.1 Å². The molecule has 1 heterocycles. The van der Waals surface area contributed by atoms with Crippen molar-refractivity contribution in [2.24, 2.45) is 0 Å². The molecule has 0 spiro atoms. The lowest BCUT2D eigenvalue weighted by molar-refractivity contribution is 0.0917. The van der Waals surface area contributed by atoms with Gasteiger partial charge in [0.2, 0.25) is 0 Å². The number of ether oxygens (including phenoxy) is 1. The third-order valence-corrected chi connectivity index (χ3v) is 3.97. The van der Waals surface area contributed by atoms with Crippen LogP contribution in [0.15, 0.2) is 45.5 Å². The maximum Gasteiger partial charge on any atom is 0.251 e. The van der Waals surface area contributed by atoms with Crippen LogP contribution in [0.5, 0.6) is 0 Å². The summed E-state index contributed by atoms with van der Waals surface area (Å²) in [5, 5.41) is 3.41. The Kier molecular flexibility index (Phi) is 6.29. The average Bonchev–Trinajstić information content (AvgIpc) is 2.98. The summed E-state index contributed by atoms with van der Waals surface area (Å²) >= 11 is 9.18. The molecule has 0 aliphatic heterocycles. The van der Waals surface area contributed by atoms with Gasteiger partial charge in [-0.2, -0.15) is 0 Å². The number of carbonyl (C=O) groups is 1. The molecule has 2 rings (SSSR count). The fourth-order valence-electron chi connectivity index (χ4n) is 1.68. The Bertz CT molecular complexity index is 587. The highest BCUT2D eigenvalue weighted by atomic mass is 79.9. The topological polar surface area (TPSA) is 51.5 Å². The predicted molar refractivity (Wildman–Crippen MR) is 84.5 cm³/mol. The zero-order valence-corrected chi connectivity index (χ0v) is 13.6. The third kappa shape index (κ3) is 5.19. The molecule has 112 valence electrons. The number of rotatable bonds is 7. The van der Waals surface area contributed by atoms with Crippen LogP contribution in [0, 0.1) is 0 Å². The second-order valence-corrected chi connectivity index (χ2v) is 5.63. The Balaban J connectivity index is 1.63. The third-order valence-electron chi connectivity index (χ3n) is 2.76. The van der Waals surface area contributed by atoms with Crippen molar-refractivity contribution in [3.63, 3.8) is 0 Å². The molecule has 21 heavy (non-hydrogen) atoms. The maximum atomic E-state index is 11.9. The highest BCUT2D eigenvalue weighted by Crippen LogP contribution is 2.23. The Morgan fingerprint density at radius 1 is 1.38 bits per heavy atom. The summed E-state index contributed by atoms with van der Waals surface area (Å²) in [6.45, 7) is 1.56. The predicted octanol–water partition coefficient (Wildman–Crippen LogP) is 4.03. The molecule has 0 aliphatic rings. The van der Waals surface area contributed by atoms with E-state index in [0.29, 0.717) is 34.8 Å². The number of carbonyl (C=O) groups excluding carboxylic acids is 1. The number of nitrogens with one attached hydrogen (secondary N) is 1. The number of furan rings is 1. The van der Waals surface area contributed by atoms with Crippen molar-refractivity contribution < 1.29 is 13.9 Å². The molecule has 1 aromatic heterocycles. The Morgan fingerprint density at radius 2 is 2.24 bits per heavy atom. The quantitative estimate of drug-likeness (QED) is 0.747. The normalized spacial score (nSPS) is 10.6. The van der Waals surface area contributed by atoms with Crippen molar-refractivity contribution in [3.8, 4) is 0 Å². The average molecular weight is 373 g/mol. The van der Waals surface area contributed by atoms with E-state index in [0.717, 1.165) is 12.2 Å². The molecule has 6 heteroatoms. The summed E-state index contributed by atoms with van der Waals surface area (Å²) in [7, 11) is 0. The van der Waals surface area contributed by atoms with Gasteiger partial charge in [-0.05, 0) is 52.7 Å². The summed E-state index contributed by atoms with van der Waals surface area (Å²) in [5.74, 6) is 0.670. The van der Waals surface area contributed by atoms with Crippen LogP contribution in [-0.2, 0) is 11.3 Å². The fourth-order valence-corrected chi connectivity index (χ4v) is 2.18. The first kappa shape index (κ1) is 16.1. The molecule has 1 amide bonds. The van der Waals surface area contributed by atoms with Gasteiger partial charge < -0.3 is 14.5 Å². The fraction of sp³-hybridized carbons (Fsp3) is 0.267. The van der Waals surface area contributed by atoms with E-state index in [9.17, 15) is 4.79 Å². The molecule has 1 aromatic carbocycles. The van der Waals surface area contributed by atoms with Gasteiger partial charge >= 0.3 is 0 Å². The largest absolute Gasteiger partial charge is 0.467 e. The van der Waals surface area contributed by atoms with Gasteiger partial charge in [0.25, 0.3) is 5.91 Å². The molecule has 0 aliphatic carbocycles. The van der Waals surface area contributed by atoms with Gasteiger partial charge in [0.1, 0.15) is 12.4 Å². The molecule has 0 unspecified atom stereocenters. The van der Waals surface area contributed by atoms with Gasteiger partial charge in [-0.1, -0.05) is 11.6 Å². The second-order valence-electron chi connectivity index (χ2n) is 4.37. The van der Waals surface area contributed by atoms with Crippen LogP contribution < -0.4 is 5.32 Å². The van der Waals surface area contributed by atoms with E-state index in [1.165, 1.54) is 0 Å². The number of benzene rings is 1. The lowest BCUT2D eigenvalue weighted by Gasteiger charge is -2.06. The van der Waals surface area contributed by atoms with E-state index >= 15 is 0 Å². The van der Waals surface area contributed by atoms with E-state index in [-0.39, 0.29) is 5.91 Å². The van der Waals surface area contributed by atoms with E-state index in [2.05, 4.69) is 21.2 Å². The minimum Gasteiger partial charge on any atom is -0.467 e. The Labute approximate surface area is 136 Å². The molecule has 0 saturated carbocycles. The SMILES string of the molecule is O=C(NCCCOCc1ccco1)c1ccc(Cl)c(Br)c1. The van der Waals surface area contributed by atoms with Crippen LogP contribution in [0.4, 0.5) is 0 Å². The first-order chi connectivity index (χ1) is 10.2. The second kappa shape index (κ2) is 8.22. The van der Waals surface area contributed by atoms with Crippen molar-refractivity contribution >= 4 is 33.4 Å². The number of hydrogen-bond donors (Lipinski definition) is 1. The Morgan fingerprint density at radius 3 is 2.95 bits per heavy atom. The summed E-state index contributed by atoms with van der Waals surface area (Å²) in [5.41, 5.74) is 0.572. The molecule has 4 nitrogen and oxygen atoms in total. The van der Waals surface area contributed by atoms with Gasteiger partial charge in [-0.3, -0.25) is 4.79 Å². The van der Waals surface area contributed by atoms with Crippen molar-refractivity contribution in [2.45, 2.75) is 13.0 Å². The zero-order chi connectivity index (χ0) is 15.1. The van der Waals surface area contributed by atoms with Gasteiger partial charge in [0, 0.05) is 23.2 Å². The van der Waals surface area contributed by atoms with Crippen LogP contribution in [0.25, 0.3) is 0 Å². The molecule has 0 bridgehead atoms. The van der Waals surface area contributed by atoms with Crippen molar-refractivity contribution in [2.75, 3.05) is 13.2 Å². The van der Waals surface area contributed by atoms with E-state index < -0.39 is 0 Å². The molecule has 2 aromatic rings. The zero-order valence-electron chi connectivity index (χ0n) is 11.3. The van der Waals surface area contributed by atoms with Crippen LogP contribution >= 0.6 is 27.5 Å². The van der Waals surface area contributed by atoms with Gasteiger partial charge in [0.15, 0.2) is 0 Å². The maximum absolute atomic E-state index is 11.9. The summed E-state index contributed by atoms with van der Waals surface area (Å²) in [4.78, 5) is 11.9. The van der Waals surface area contributed by atoms with Gasteiger partial charge in [-0.25, -0.2) is 0 Å². The van der Waals surface area contributed by atoms with E-state index in [4.69, 9.17) is 20.8 Å². The standard InChI is InChI=1S/C15H15BrClNO3/c16-13-9-11(4-5-14(13)17)15(19)18-6-2-7-20-10-12-3-1-8-21-12/h1,3-5,8-9H,2,6-7,10H2,(H,18,19). The Hall–Kier alpha value is -1.30. The van der Waals surface area contributed by atoms with Crippen molar-refractivity contribution in [1.29, 1.82) is 0 Å². The minimum absolute atomic E-state index is 0.126. The molecule has 0 atom stereocenters. The highest BCUT2D eigenvalue weighted by molar-refractivity contribution is 9.10. The molecule has 1 N–H and O–H groups in total. The molecule has 0 saturated heterocycles. The minimum atomic E-state index is -0.126. The molecule has 0 fully saturated rings. The van der Waals surface area contributed by atoms with Crippen LogP contribution in [-0.4, -0.2) is 19.1 Å². The van der Waals surface area contributed by atoms with Crippen LogP contribution in [0.3, 0.4) is 0 Å². The lowest BCUT2D eigenvalue weighted by Crippen LogP contribution is -2.25. The van der Waals surface area contributed by atoms with Gasteiger partial charge in [-0.15, -0.1) is 0 Å². The lowest BCUT2D eigenvalue weighted by atomic mass is 10.2. The highest BCUT2D eigenvalue weighted by Gasteiger charge is 2.07. The van der Waals surface area contributed by atoms with Crippen LogP contribution in [0.1, 0.15) is 22.5 Å². The first-order valence-electron chi connectivity index (χ1n) is 6.50. The summed E-state index contributed by atoms with van der Waals surface area (Å²) in [6.07, 6.45) is 2.35. The molecular formula is C15H15BrClNO3. The summed E-state index contributed by atoms with van der Waals surface area (Å²) < 4.78 is 11.3. The van der Waals surface area contributed by atoms with Crippen molar-refractivity contribution in [1.82, 2.24) is 5.32 Å². The van der Waals surface area contributed by atoms with E-state index in [1.54, 1.807) is 24.5 Å².